The number of para-hydroxylation sites is 1. The van der Waals surface area contributed by atoms with Gasteiger partial charge in [0.15, 0.2) is 5.78 Å². The van der Waals surface area contributed by atoms with Crippen LogP contribution in [-0.2, 0) is 20.9 Å². The van der Waals surface area contributed by atoms with E-state index in [1.165, 1.54) is 29.5 Å². The Hall–Kier alpha value is -4.99. The zero-order chi connectivity index (χ0) is 30.2. The van der Waals surface area contributed by atoms with Crippen LogP contribution >= 0.6 is 0 Å². The Kier molecular flexibility index (Phi) is 7.55. The third-order valence-electron chi connectivity index (χ3n) is 7.57. The number of nitrogens with two attached hydrogens (primary N) is 1. The summed E-state index contributed by atoms with van der Waals surface area (Å²) in [7, 11) is 0. The maximum absolute atomic E-state index is 14.1. The molecule has 1 aromatic carbocycles. The van der Waals surface area contributed by atoms with Gasteiger partial charge in [0.05, 0.1) is 29.3 Å². The van der Waals surface area contributed by atoms with Gasteiger partial charge >= 0.3 is 5.97 Å². The number of Topliss-reactive ketones (excluding diaryl/α,β-unsaturated/α-hetero) is 1. The number of benzene rings is 1. The first-order valence-corrected chi connectivity index (χ1v) is 13.8. The minimum absolute atomic E-state index is 0.0387. The maximum atomic E-state index is 14.1. The van der Waals surface area contributed by atoms with Gasteiger partial charge < -0.3 is 15.0 Å². The van der Waals surface area contributed by atoms with E-state index in [-0.39, 0.29) is 53.4 Å². The van der Waals surface area contributed by atoms with E-state index in [9.17, 15) is 19.2 Å². The summed E-state index contributed by atoms with van der Waals surface area (Å²) in [6.45, 7) is 9.60. The molecule has 2 aliphatic rings. The molecule has 10 heteroatoms. The number of ketones is 1. The van der Waals surface area contributed by atoms with Gasteiger partial charge in [-0.25, -0.2) is 9.80 Å². The highest BCUT2D eigenvalue weighted by Gasteiger charge is 2.47. The van der Waals surface area contributed by atoms with Crippen LogP contribution in [0.5, 0.6) is 0 Å². The molecule has 3 aromatic rings. The number of nitrogens with zero attached hydrogens (tertiary/aromatic N) is 3. The van der Waals surface area contributed by atoms with Crippen LogP contribution in [0.15, 0.2) is 95.0 Å². The summed E-state index contributed by atoms with van der Waals surface area (Å²) in [4.78, 5) is 59.0. The monoisotopic (exact) mass is 567 g/mol. The molecule has 0 fully saturated rings. The number of ether oxygens (including phenoxy) is 1. The molecule has 0 saturated carbocycles. The predicted molar refractivity (Wildman–Crippen MR) is 158 cm³/mol. The van der Waals surface area contributed by atoms with Gasteiger partial charge in [0.1, 0.15) is 5.82 Å². The summed E-state index contributed by atoms with van der Waals surface area (Å²) in [5.41, 5.74) is 10.4. The normalized spacial score (nSPS) is 18.1. The first kappa shape index (κ1) is 28.5. The molecule has 0 bridgehead atoms. The second kappa shape index (κ2) is 11.1. The number of carbonyl (C=O) groups excluding carboxylic acids is 3. The second-order valence-electron chi connectivity index (χ2n) is 11.1. The van der Waals surface area contributed by atoms with E-state index >= 15 is 0 Å². The van der Waals surface area contributed by atoms with E-state index < -0.39 is 23.2 Å². The Morgan fingerprint density at radius 2 is 1.88 bits per heavy atom. The van der Waals surface area contributed by atoms with Crippen molar-refractivity contribution in [3.05, 3.63) is 112 Å². The van der Waals surface area contributed by atoms with Crippen molar-refractivity contribution >= 4 is 28.6 Å². The summed E-state index contributed by atoms with van der Waals surface area (Å²) in [5.74, 6) is -2.76. The minimum atomic E-state index is -1.11. The van der Waals surface area contributed by atoms with E-state index in [0.717, 1.165) is 5.39 Å². The fourth-order valence-electron chi connectivity index (χ4n) is 5.79. The molecule has 10 nitrogen and oxygen atoms in total. The van der Waals surface area contributed by atoms with Crippen LogP contribution in [0.1, 0.15) is 55.5 Å². The highest BCUT2D eigenvalue weighted by molar-refractivity contribution is 6.04. The third-order valence-corrected chi connectivity index (χ3v) is 7.57. The molecule has 1 amide bonds. The number of hydrogen-bond acceptors (Lipinski definition) is 8. The average Bonchev–Trinajstić information content (AvgIpc) is 2.95. The van der Waals surface area contributed by atoms with Crippen LogP contribution in [0.2, 0.25) is 0 Å². The highest BCUT2D eigenvalue weighted by Crippen LogP contribution is 2.48. The fraction of sp³-hybridized carbons (Fsp3) is 0.281. The Labute approximate surface area is 243 Å². The summed E-state index contributed by atoms with van der Waals surface area (Å²) < 4.78 is 6.98. The second-order valence-corrected chi connectivity index (χ2v) is 11.1. The number of aromatic nitrogens is 2. The smallest absolute Gasteiger partial charge is 0.338 e. The number of allylic oxidation sites excluding steroid dienone is 3. The topological polar surface area (TPSA) is 137 Å². The molecular weight excluding hydrogens is 534 g/mol. The van der Waals surface area contributed by atoms with E-state index in [1.54, 1.807) is 23.6 Å². The predicted octanol–water partition coefficient (Wildman–Crippen LogP) is 3.70. The fourth-order valence-corrected chi connectivity index (χ4v) is 5.79. The first-order chi connectivity index (χ1) is 20.1. The highest BCUT2D eigenvalue weighted by atomic mass is 16.5. The van der Waals surface area contributed by atoms with Crippen LogP contribution < -0.4 is 16.7 Å². The van der Waals surface area contributed by atoms with Gasteiger partial charge in [0, 0.05) is 42.1 Å². The van der Waals surface area contributed by atoms with Gasteiger partial charge in [-0.3, -0.25) is 24.8 Å². The lowest BCUT2D eigenvalue weighted by Gasteiger charge is -2.43. The van der Waals surface area contributed by atoms with Gasteiger partial charge in [-0.15, -0.1) is 6.58 Å². The lowest BCUT2D eigenvalue weighted by atomic mass is 9.69. The SMILES string of the molecule is C=CCn1c(=O)c(C2C(C(=O)OCC)=C(N)N(NC(=O)c3ccncc3)C3=C2C(=O)CC(C)(C)C3)cc2ccccc21. The van der Waals surface area contributed by atoms with Gasteiger partial charge in [0.25, 0.3) is 11.5 Å². The van der Waals surface area contributed by atoms with Crippen LogP contribution in [0.4, 0.5) is 0 Å². The Balaban J connectivity index is 1.80. The molecule has 0 saturated heterocycles. The minimum Gasteiger partial charge on any atom is -0.463 e. The van der Waals surface area contributed by atoms with E-state index in [4.69, 9.17) is 10.5 Å². The molecular formula is C32H33N5O5. The Morgan fingerprint density at radius 3 is 2.57 bits per heavy atom. The molecule has 216 valence electrons. The van der Waals surface area contributed by atoms with Crippen LogP contribution in [0.25, 0.3) is 10.9 Å². The van der Waals surface area contributed by atoms with E-state index in [2.05, 4.69) is 17.0 Å². The van der Waals surface area contributed by atoms with Gasteiger partial charge in [-0.2, -0.15) is 0 Å². The molecule has 0 spiro atoms. The molecule has 3 N–H and O–H groups in total. The number of fused-ring (bicyclic) bond motifs is 1. The summed E-state index contributed by atoms with van der Waals surface area (Å²) >= 11 is 0. The van der Waals surface area contributed by atoms with E-state index in [0.29, 0.717) is 23.2 Å². The molecule has 2 aromatic heterocycles. The number of esters is 1. The van der Waals surface area contributed by atoms with Crippen molar-refractivity contribution in [3.8, 4) is 0 Å². The molecule has 42 heavy (non-hydrogen) atoms. The quantitative estimate of drug-likeness (QED) is 0.326. The zero-order valence-electron chi connectivity index (χ0n) is 23.8. The summed E-state index contributed by atoms with van der Waals surface area (Å²) in [6.07, 6.45) is 5.11. The van der Waals surface area contributed by atoms with Crippen LogP contribution in [-0.4, -0.2) is 38.8 Å². The molecule has 1 aliphatic carbocycles. The Bertz CT molecular complexity index is 1730. The number of amides is 1. The molecule has 1 unspecified atom stereocenters. The molecule has 1 aliphatic heterocycles. The molecule has 0 radical (unpaired) electrons. The summed E-state index contributed by atoms with van der Waals surface area (Å²) in [5, 5.41) is 2.05. The van der Waals surface area contributed by atoms with Crippen LogP contribution in [0, 0.1) is 5.41 Å². The van der Waals surface area contributed by atoms with Crippen molar-refractivity contribution < 1.29 is 19.1 Å². The van der Waals surface area contributed by atoms with Crippen molar-refractivity contribution in [1.82, 2.24) is 20.0 Å². The lowest BCUT2D eigenvalue weighted by molar-refractivity contribution is -0.139. The molecule has 3 heterocycles. The van der Waals surface area contributed by atoms with Crippen molar-refractivity contribution in [1.29, 1.82) is 0 Å². The van der Waals surface area contributed by atoms with Gasteiger partial charge in [-0.1, -0.05) is 38.1 Å². The standard InChI is InChI=1S/C32H33N5O5/c1-5-15-36-22-10-8-7-9-20(22)16-21(30(36)40)25-26-23(17-32(3,4)18-24(26)38)37(28(33)27(25)31(41)42-6-2)35-29(39)19-11-13-34-14-12-19/h5,7-14,16,25H,1,6,15,17-18,33H2,2-4H3,(H,35,39). The average molecular weight is 568 g/mol. The first-order valence-electron chi connectivity index (χ1n) is 13.8. The van der Waals surface area contributed by atoms with Gasteiger partial charge in [0.2, 0.25) is 0 Å². The van der Waals surface area contributed by atoms with Crippen molar-refractivity contribution in [2.45, 2.75) is 46.1 Å². The number of hydrazine groups is 1. The maximum Gasteiger partial charge on any atom is 0.338 e. The van der Waals surface area contributed by atoms with Crippen molar-refractivity contribution in [3.63, 3.8) is 0 Å². The molecule has 5 rings (SSSR count). The zero-order valence-corrected chi connectivity index (χ0v) is 23.8. The summed E-state index contributed by atoms with van der Waals surface area (Å²) in [6, 6.07) is 12.2. The van der Waals surface area contributed by atoms with Crippen molar-refractivity contribution in [2.24, 2.45) is 11.1 Å². The largest absolute Gasteiger partial charge is 0.463 e. The van der Waals surface area contributed by atoms with Crippen molar-refractivity contribution in [2.75, 3.05) is 6.61 Å². The van der Waals surface area contributed by atoms with Gasteiger partial charge in [-0.05, 0) is 48.4 Å². The number of pyridine rings is 2. The lowest BCUT2D eigenvalue weighted by Crippen LogP contribution is -2.51. The number of hydrogen-bond donors (Lipinski definition) is 2. The van der Waals surface area contributed by atoms with Crippen LogP contribution in [0.3, 0.4) is 0 Å². The third kappa shape index (κ3) is 5.00. The molecule has 1 atom stereocenters. The van der Waals surface area contributed by atoms with E-state index in [1.807, 2.05) is 38.1 Å². The number of carbonyl (C=O) groups is 3. The number of rotatable bonds is 7. The number of nitrogens with one attached hydrogen (secondary N) is 1. The Morgan fingerprint density at radius 1 is 1.17 bits per heavy atom.